The number of benzene rings is 1. The molecule has 26 heavy (non-hydrogen) atoms. The van der Waals surface area contributed by atoms with Crippen LogP contribution >= 0.6 is 22.7 Å². The molecule has 2 heterocycles. The smallest absolute Gasteiger partial charge is 0.261 e. The summed E-state index contributed by atoms with van der Waals surface area (Å²) in [4.78, 5) is 24.9. The highest BCUT2D eigenvalue weighted by Gasteiger charge is 2.12. The van der Waals surface area contributed by atoms with Gasteiger partial charge in [0, 0.05) is 18.0 Å². The van der Waals surface area contributed by atoms with Crippen molar-refractivity contribution in [3.8, 4) is 0 Å². The summed E-state index contributed by atoms with van der Waals surface area (Å²) in [6, 6.07) is 10.7. The van der Waals surface area contributed by atoms with Gasteiger partial charge in [-0.3, -0.25) is 14.9 Å². The molecule has 0 saturated carbocycles. The van der Waals surface area contributed by atoms with Gasteiger partial charge in [0.1, 0.15) is 5.01 Å². The first-order valence-corrected chi connectivity index (χ1v) is 9.78. The van der Waals surface area contributed by atoms with Crippen LogP contribution in [0.2, 0.25) is 0 Å². The molecule has 0 spiro atoms. The van der Waals surface area contributed by atoms with E-state index in [2.05, 4.69) is 20.8 Å². The van der Waals surface area contributed by atoms with Crippen molar-refractivity contribution < 1.29 is 9.59 Å². The first-order valence-electron chi connectivity index (χ1n) is 8.08. The fraction of sp³-hybridized carbons (Fsp3) is 0.222. The van der Waals surface area contributed by atoms with Crippen LogP contribution in [0, 0.1) is 0 Å². The van der Waals surface area contributed by atoms with Crippen molar-refractivity contribution in [1.29, 1.82) is 0 Å². The normalized spacial score (nSPS) is 10.7. The molecule has 0 aliphatic heterocycles. The predicted octanol–water partition coefficient (Wildman–Crippen LogP) is 3.91. The molecule has 3 aromatic rings. The molecule has 0 aliphatic rings. The molecular formula is C18H18N4O2S2. The summed E-state index contributed by atoms with van der Waals surface area (Å²) in [6.07, 6.45) is 0. The lowest BCUT2D eigenvalue weighted by Crippen LogP contribution is -2.21. The molecule has 0 bridgehead atoms. The van der Waals surface area contributed by atoms with Gasteiger partial charge in [-0.15, -0.1) is 21.5 Å². The van der Waals surface area contributed by atoms with E-state index in [0.29, 0.717) is 22.1 Å². The molecule has 0 radical (unpaired) electrons. The monoisotopic (exact) mass is 386 g/mol. The Hall–Kier alpha value is -2.58. The molecule has 2 amide bonds. The Bertz CT molecular complexity index is 886. The number of aromatic nitrogens is 2. The Morgan fingerprint density at radius 2 is 1.85 bits per heavy atom. The maximum atomic E-state index is 12.3. The number of thiophene rings is 1. The zero-order chi connectivity index (χ0) is 18.5. The van der Waals surface area contributed by atoms with Crippen LogP contribution in [0.1, 0.15) is 50.4 Å². The van der Waals surface area contributed by atoms with Crippen LogP contribution in [0.25, 0.3) is 0 Å². The number of hydrogen-bond acceptors (Lipinski definition) is 6. The van der Waals surface area contributed by atoms with Crippen LogP contribution in [0.5, 0.6) is 0 Å². The van der Waals surface area contributed by atoms with Gasteiger partial charge in [-0.2, -0.15) is 0 Å². The number of carbonyl (C=O) groups is 2. The second-order valence-corrected chi connectivity index (χ2v) is 7.87. The quantitative estimate of drug-likeness (QED) is 0.673. The first kappa shape index (κ1) is 18.2. The second-order valence-electron chi connectivity index (χ2n) is 5.91. The Kier molecular flexibility index (Phi) is 5.75. The number of anilines is 1. The van der Waals surface area contributed by atoms with Gasteiger partial charge in [0.15, 0.2) is 0 Å². The number of carbonyl (C=O) groups excluding carboxylic acids is 2. The highest BCUT2D eigenvalue weighted by atomic mass is 32.1. The van der Waals surface area contributed by atoms with Crippen LogP contribution in [0.3, 0.4) is 0 Å². The van der Waals surface area contributed by atoms with Gasteiger partial charge in [-0.05, 0) is 29.1 Å². The molecule has 2 N–H and O–H groups in total. The van der Waals surface area contributed by atoms with E-state index in [4.69, 9.17) is 0 Å². The van der Waals surface area contributed by atoms with Crippen molar-refractivity contribution >= 4 is 39.6 Å². The third kappa shape index (κ3) is 4.53. The van der Waals surface area contributed by atoms with Crippen LogP contribution < -0.4 is 10.6 Å². The van der Waals surface area contributed by atoms with Crippen molar-refractivity contribution in [3.05, 3.63) is 62.8 Å². The van der Waals surface area contributed by atoms with Crippen molar-refractivity contribution in [2.45, 2.75) is 26.3 Å². The Balaban J connectivity index is 1.56. The lowest BCUT2D eigenvalue weighted by atomic mass is 10.1. The highest BCUT2D eigenvalue weighted by molar-refractivity contribution is 7.15. The third-order valence-corrected chi connectivity index (χ3v) is 5.58. The SMILES string of the molecule is CC(C)c1nnc(NC(=O)c2ccc(CNC(=O)c3cccs3)cc2)s1. The van der Waals surface area contributed by atoms with Gasteiger partial charge in [-0.1, -0.05) is 43.4 Å². The molecule has 0 unspecified atom stereocenters. The fourth-order valence-corrected chi connectivity index (χ4v) is 3.52. The van der Waals surface area contributed by atoms with Crippen molar-refractivity contribution in [3.63, 3.8) is 0 Å². The first-order chi connectivity index (χ1) is 12.5. The second kappa shape index (κ2) is 8.20. The largest absolute Gasteiger partial charge is 0.347 e. The van der Waals surface area contributed by atoms with Crippen LogP contribution in [-0.2, 0) is 6.54 Å². The molecule has 0 atom stereocenters. The molecule has 134 valence electrons. The molecular weight excluding hydrogens is 368 g/mol. The number of nitrogens with one attached hydrogen (secondary N) is 2. The third-order valence-electron chi connectivity index (χ3n) is 3.57. The van der Waals surface area contributed by atoms with Crippen LogP contribution in [0.15, 0.2) is 41.8 Å². The summed E-state index contributed by atoms with van der Waals surface area (Å²) in [5.74, 6) is -0.0495. The summed E-state index contributed by atoms with van der Waals surface area (Å²) < 4.78 is 0. The highest BCUT2D eigenvalue weighted by Crippen LogP contribution is 2.22. The Morgan fingerprint density at radius 3 is 2.46 bits per heavy atom. The maximum Gasteiger partial charge on any atom is 0.261 e. The lowest BCUT2D eigenvalue weighted by molar-refractivity contribution is 0.0953. The number of amides is 2. The van der Waals surface area contributed by atoms with E-state index in [1.165, 1.54) is 22.7 Å². The molecule has 1 aromatic carbocycles. The molecule has 0 fully saturated rings. The van der Waals surface area contributed by atoms with E-state index in [9.17, 15) is 9.59 Å². The molecule has 6 nitrogen and oxygen atoms in total. The lowest BCUT2D eigenvalue weighted by Gasteiger charge is -2.06. The average molecular weight is 387 g/mol. The minimum absolute atomic E-state index is 0.0981. The number of rotatable bonds is 6. The minimum Gasteiger partial charge on any atom is -0.347 e. The standard InChI is InChI=1S/C18H18N4O2S2/c1-11(2)17-21-22-18(26-17)20-15(23)13-7-5-12(6-8-13)10-19-16(24)14-4-3-9-25-14/h3-9,11H,10H2,1-2H3,(H,19,24)(H,20,22,23). The Labute approximate surface area is 159 Å². The average Bonchev–Trinajstić information content (AvgIpc) is 3.32. The topological polar surface area (TPSA) is 84.0 Å². The molecule has 3 rings (SSSR count). The molecule has 8 heteroatoms. The summed E-state index contributed by atoms with van der Waals surface area (Å²) in [6.45, 7) is 4.47. The van der Waals surface area contributed by atoms with E-state index in [-0.39, 0.29) is 17.7 Å². The number of nitrogens with zero attached hydrogens (tertiary/aromatic N) is 2. The van der Waals surface area contributed by atoms with Crippen molar-refractivity contribution in [2.75, 3.05) is 5.32 Å². The summed E-state index contributed by atoms with van der Waals surface area (Å²) in [5, 5.41) is 16.9. The zero-order valence-electron chi connectivity index (χ0n) is 14.4. The van der Waals surface area contributed by atoms with Gasteiger partial charge in [-0.25, -0.2) is 0 Å². The van der Waals surface area contributed by atoms with Crippen LogP contribution in [-0.4, -0.2) is 22.0 Å². The molecule has 2 aromatic heterocycles. The van der Waals surface area contributed by atoms with Crippen molar-refractivity contribution in [2.24, 2.45) is 0 Å². The fourth-order valence-electron chi connectivity index (χ4n) is 2.14. The van der Waals surface area contributed by atoms with Gasteiger partial charge >= 0.3 is 0 Å². The van der Waals surface area contributed by atoms with E-state index >= 15 is 0 Å². The van der Waals surface area contributed by atoms with E-state index in [1.807, 2.05) is 37.4 Å². The van der Waals surface area contributed by atoms with E-state index in [0.717, 1.165) is 10.6 Å². The van der Waals surface area contributed by atoms with Crippen LogP contribution in [0.4, 0.5) is 5.13 Å². The van der Waals surface area contributed by atoms with Crippen molar-refractivity contribution in [1.82, 2.24) is 15.5 Å². The zero-order valence-corrected chi connectivity index (χ0v) is 16.0. The minimum atomic E-state index is -0.231. The van der Waals surface area contributed by atoms with Gasteiger partial charge in [0.2, 0.25) is 5.13 Å². The molecule has 0 aliphatic carbocycles. The summed E-state index contributed by atoms with van der Waals surface area (Å²) in [7, 11) is 0. The Morgan fingerprint density at radius 1 is 1.08 bits per heavy atom. The van der Waals surface area contributed by atoms with Gasteiger partial charge in [0.05, 0.1) is 4.88 Å². The van der Waals surface area contributed by atoms with E-state index < -0.39 is 0 Å². The number of hydrogen-bond donors (Lipinski definition) is 2. The predicted molar refractivity (Wildman–Crippen MR) is 104 cm³/mol. The molecule has 0 saturated heterocycles. The summed E-state index contributed by atoms with van der Waals surface area (Å²) in [5.41, 5.74) is 1.45. The van der Waals surface area contributed by atoms with E-state index in [1.54, 1.807) is 18.2 Å². The summed E-state index contributed by atoms with van der Waals surface area (Å²) >= 11 is 2.78. The van der Waals surface area contributed by atoms with Gasteiger partial charge < -0.3 is 5.32 Å². The van der Waals surface area contributed by atoms with Gasteiger partial charge in [0.25, 0.3) is 11.8 Å². The maximum absolute atomic E-state index is 12.3.